The summed E-state index contributed by atoms with van der Waals surface area (Å²) in [6, 6.07) is 6.92. The highest BCUT2D eigenvalue weighted by molar-refractivity contribution is 9.09. The molecule has 1 unspecified atom stereocenters. The Bertz CT molecular complexity index is 399. The Morgan fingerprint density at radius 3 is 2.44 bits per heavy atom. The van der Waals surface area contributed by atoms with Gasteiger partial charge < -0.3 is 0 Å². The quantitative estimate of drug-likeness (QED) is 0.457. The van der Waals surface area contributed by atoms with Crippen LogP contribution in [0.3, 0.4) is 0 Å². The van der Waals surface area contributed by atoms with Crippen LogP contribution in [0.5, 0.6) is 0 Å². The van der Waals surface area contributed by atoms with Crippen LogP contribution in [0.4, 0.5) is 5.69 Å². The molecule has 1 atom stereocenters. The number of alkyl halides is 1. The fraction of sp³-hybridized carbons (Fsp3) is 0.571. The van der Waals surface area contributed by atoms with Crippen LogP contribution in [0.1, 0.15) is 37.7 Å². The van der Waals surface area contributed by atoms with E-state index in [9.17, 15) is 10.1 Å². The number of rotatable bonds is 5. The molecule has 1 fully saturated rings. The second-order valence-corrected chi connectivity index (χ2v) is 6.20. The smallest absolute Gasteiger partial charge is 0.258 e. The lowest BCUT2D eigenvalue weighted by atomic mass is 9.98. The number of aryl methyl sites for hydroxylation is 1. The molecule has 0 N–H and O–H groups in total. The Morgan fingerprint density at radius 2 is 1.89 bits per heavy atom. The van der Waals surface area contributed by atoms with E-state index < -0.39 is 0 Å². The van der Waals surface area contributed by atoms with E-state index in [4.69, 9.17) is 0 Å². The third kappa shape index (κ3) is 3.55. The van der Waals surface area contributed by atoms with Gasteiger partial charge >= 0.3 is 0 Å². The highest BCUT2D eigenvalue weighted by Gasteiger charge is 2.22. The molecule has 0 saturated heterocycles. The number of benzene rings is 1. The van der Waals surface area contributed by atoms with Crippen molar-refractivity contribution < 1.29 is 4.92 Å². The van der Waals surface area contributed by atoms with Gasteiger partial charge in [0.25, 0.3) is 5.69 Å². The summed E-state index contributed by atoms with van der Waals surface area (Å²) in [6.07, 6.45) is 7.52. The minimum absolute atomic E-state index is 0.171. The van der Waals surface area contributed by atoms with Gasteiger partial charge in [0.15, 0.2) is 0 Å². The molecule has 4 heteroatoms. The maximum Gasteiger partial charge on any atom is 0.269 e. The average Bonchev–Trinajstić information content (AvgIpc) is 2.90. The van der Waals surface area contributed by atoms with Crippen LogP contribution >= 0.6 is 15.9 Å². The van der Waals surface area contributed by atoms with Gasteiger partial charge in [-0.15, -0.1) is 0 Å². The van der Waals surface area contributed by atoms with E-state index in [2.05, 4.69) is 15.9 Å². The molecule has 1 aliphatic rings. The van der Waals surface area contributed by atoms with Gasteiger partial charge in [0.05, 0.1) is 4.92 Å². The van der Waals surface area contributed by atoms with Crippen LogP contribution in [-0.4, -0.2) is 9.75 Å². The van der Waals surface area contributed by atoms with Crippen LogP contribution < -0.4 is 0 Å². The van der Waals surface area contributed by atoms with Crippen LogP contribution in [0, 0.1) is 16.0 Å². The first kappa shape index (κ1) is 13.5. The van der Waals surface area contributed by atoms with Gasteiger partial charge in [-0.25, -0.2) is 0 Å². The van der Waals surface area contributed by atoms with Gasteiger partial charge in [0, 0.05) is 17.0 Å². The summed E-state index contributed by atoms with van der Waals surface area (Å²) >= 11 is 3.79. The Morgan fingerprint density at radius 1 is 1.28 bits per heavy atom. The van der Waals surface area contributed by atoms with E-state index in [-0.39, 0.29) is 10.6 Å². The minimum Gasteiger partial charge on any atom is -0.258 e. The largest absolute Gasteiger partial charge is 0.269 e. The van der Waals surface area contributed by atoms with Crippen molar-refractivity contribution in [1.82, 2.24) is 0 Å². The van der Waals surface area contributed by atoms with E-state index in [0.717, 1.165) is 18.8 Å². The lowest BCUT2D eigenvalue weighted by Gasteiger charge is -2.16. The number of nitro groups is 1. The topological polar surface area (TPSA) is 43.1 Å². The summed E-state index contributed by atoms with van der Waals surface area (Å²) in [6.45, 7) is 0. The standard InChI is InChI=1S/C14H18BrNO2/c15-14(12-3-1-2-4-12)10-7-11-5-8-13(9-6-11)16(17)18/h5-6,8-9,12,14H,1-4,7,10H2. The number of nitrogens with zero attached hydrogens (tertiary/aromatic N) is 1. The first-order valence-corrected chi connectivity index (χ1v) is 7.46. The van der Waals surface area contributed by atoms with Crippen molar-refractivity contribution in [3.8, 4) is 0 Å². The molecule has 1 aromatic carbocycles. The average molecular weight is 312 g/mol. The molecule has 0 amide bonds. The Hall–Kier alpha value is -0.900. The number of halogens is 1. The molecule has 1 aromatic rings. The third-order valence-electron chi connectivity index (χ3n) is 3.77. The van der Waals surface area contributed by atoms with Crippen molar-refractivity contribution in [2.45, 2.75) is 43.4 Å². The van der Waals surface area contributed by atoms with E-state index >= 15 is 0 Å². The summed E-state index contributed by atoms with van der Waals surface area (Å²) in [7, 11) is 0. The van der Waals surface area contributed by atoms with E-state index in [0.29, 0.717) is 4.83 Å². The van der Waals surface area contributed by atoms with Crippen molar-refractivity contribution in [2.24, 2.45) is 5.92 Å². The summed E-state index contributed by atoms with van der Waals surface area (Å²) in [4.78, 5) is 10.8. The zero-order chi connectivity index (χ0) is 13.0. The second-order valence-electron chi connectivity index (χ2n) is 5.02. The SMILES string of the molecule is O=[N+]([O-])c1ccc(CCC(Br)C2CCCC2)cc1. The second kappa shape index (κ2) is 6.32. The Balaban J connectivity index is 1.84. The number of hydrogen-bond acceptors (Lipinski definition) is 2. The third-order valence-corrected chi connectivity index (χ3v) is 4.97. The number of hydrogen-bond donors (Lipinski definition) is 0. The predicted octanol–water partition coefficient (Wildman–Crippen LogP) is 4.48. The molecule has 0 aliphatic heterocycles. The van der Waals surface area contributed by atoms with Gasteiger partial charge in [-0.2, -0.15) is 0 Å². The number of non-ortho nitro benzene ring substituents is 1. The fourth-order valence-electron chi connectivity index (χ4n) is 2.64. The van der Waals surface area contributed by atoms with E-state index in [1.807, 2.05) is 12.1 Å². The molecule has 1 saturated carbocycles. The molecule has 3 nitrogen and oxygen atoms in total. The summed E-state index contributed by atoms with van der Waals surface area (Å²) < 4.78 is 0. The molecule has 2 rings (SSSR count). The van der Waals surface area contributed by atoms with Gasteiger partial charge in [-0.1, -0.05) is 40.9 Å². The lowest BCUT2D eigenvalue weighted by Crippen LogP contribution is -2.11. The van der Waals surface area contributed by atoms with Crippen LogP contribution in [-0.2, 0) is 6.42 Å². The van der Waals surface area contributed by atoms with E-state index in [1.54, 1.807) is 12.1 Å². The Labute approximate surface area is 116 Å². The highest BCUT2D eigenvalue weighted by atomic mass is 79.9. The zero-order valence-corrected chi connectivity index (χ0v) is 11.9. The molecule has 0 spiro atoms. The molecule has 0 bridgehead atoms. The molecule has 0 heterocycles. The van der Waals surface area contributed by atoms with Crippen molar-refractivity contribution in [1.29, 1.82) is 0 Å². The molecular formula is C14H18BrNO2. The minimum atomic E-state index is -0.352. The maximum absolute atomic E-state index is 10.6. The van der Waals surface area contributed by atoms with Gasteiger partial charge in [0.1, 0.15) is 0 Å². The summed E-state index contributed by atoms with van der Waals surface area (Å²) in [5, 5.41) is 10.6. The van der Waals surface area contributed by atoms with Crippen molar-refractivity contribution in [2.75, 3.05) is 0 Å². The zero-order valence-electron chi connectivity index (χ0n) is 10.3. The molecule has 98 valence electrons. The van der Waals surface area contributed by atoms with Crippen molar-refractivity contribution in [3.05, 3.63) is 39.9 Å². The Kier molecular flexibility index (Phi) is 4.75. The summed E-state index contributed by atoms with van der Waals surface area (Å²) in [5.41, 5.74) is 1.35. The van der Waals surface area contributed by atoms with Crippen LogP contribution in [0.2, 0.25) is 0 Å². The monoisotopic (exact) mass is 311 g/mol. The molecular weight excluding hydrogens is 294 g/mol. The first-order valence-electron chi connectivity index (χ1n) is 6.54. The van der Waals surface area contributed by atoms with Gasteiger partial charge in [-0.05, 0) is 37.2 Å². The van der Waals surface area contributed by atoms with Crippen molar-refractivity contribution in [3.63, 3.8) is 0 Å². The van der Waals surface area contributed by atoms with Gasteiger partial charge in [0.2, 0.25) is 0 Å². The van der Waals surface area contributed by atoms with E-state index in [1.165, 1.54) is 31.2 Å². The lowest BCUT2D eigenvalue weighted by molar-refractivity contribution is -0.384. The van der Waals surface area contributed by atoms with Crippen LogP contribution in [0.25, 0.3) is 0 Å². The normalized spacial score (nSPS) is 17.8. The fourth-order valence-corrected chi connectivity index (χ4v) is 3.40. The highest BCUT2D eigenvalue weighted by Crippen LogP contribution is 2.33. The van der Waals surface area contributed by atoms with Gasteiger partial charge in [-0.3, -0.25) is 10.1 Å². The molecule has 0 radical (unpaired) electrons. The summed E-state index contributed by atoms with van der Waals surface area (Å²) in [5.74, 6) is 0.822. The predicted molar refractivity (Wildman–Crippen MR) is 76.1 cm³/mol. The first-order chi connectivity index (χ1) is 8.66. The van der Waals surface area contributed by atoms with Crippen LogP contribution in [0.15, 0.2) is 24.3 Å². The maximum atomic E-state index is 10.6. The molecule has 18 heavy (non-hydrogen) atoms. The molecule has 0 aromatic heterocycles. The number of nitro benzene ring substituents is 1. The molecule has 1 aliphatic carbocycles. The van der Waals surface area contributed by atoms with Crippen molar-refractivity contribution >= 4 is 21.6 Å².